The average Bonchev–Trinajstić information content (AvgIpc) is 3.33. The highest BCUT2D eigenvalue weighted by Crippen LogP contribution is 2.60. The molecule has 2 amide bonds. The topological polar surface area (TPSA) is 78.7 Å². The lowest BCUT2D eigenvalue weighted by Crippen LogP contribution is -2.51. The molecule has 4 saturated carbocycles. The van der Waals surface area contributed by atoms with Gasteiger partial charge in [-0.2, -0.15) is 0 Å². The van der Waals surface area contributed by atoms with Gasteiger partial charge in [0.05, 0.1) is 23.6 Å². The quantitative estimate of drug-likeness (QED) is 0.792. The Morgan fingerprint density at radius 2 is 1.66 bits per heavy atom. The molecule has 32 heavy (non-hydrogen) atoms. The van der Waals surface area contributed by atoms with Crippen LogP contribution in [0.1, 0.15) is 49.1 Å². The van der Waals surface area contributed by atoms with Crippen molar-refractivity contribution in [3.05, 3.63) is 42.5 Å². The third-order valence-corrected chi connectivity index (χ3v) is 8.15. The zero-order chi connectivity index (χ0) is 21.7. The predicted octanol–water partition coefficient (Wildman–Crippen LogP) is 3.79. The number of amides is 2. The van der Waals surface area contributed by atoms with Gasteiger partial charge in [-0.1, -0.05) is 0 Å². The summed E-state index contributed by atoms with van der Waals surface area (Å²) >= 11 is 0. The zero-order valence-corrected chi connectivity index (χ0v) is 18.3. The number of anilines is 2. The van der Waals surface area contributed by atoms with Crippen molar-refractivity contribution in [3.63, 3.8) is 0 Å². The number of carbonyl (C=O) groups excluding carboxylic acids is 2. The molecule has 1 saturated heterocycles. The van der Waals surface area contributed by atoms with Gasteiger partial charge in [-0.25, -0.2) is 4.98 Å². The van der Waals surface area contributed by atoms with E-state index in [4.69, 9.17) is 4.42 Å². The van der Waals surface area contributed by atoms with Crippen LogP contribution in [-0.4, -0.2) is 47.9 Å². The van der Waals surface area contributed by atoms with Crippen molar-refractivity contribution in [2.45, 2.75) is 38.5 Å². The summed E-state index contributed by atoms with van der Waals surface area (Å²) in [5, 5.41) is 3.18. The molecule has 5 fully saturated rings. The number of carbonyl (C=O) groups is 2. The molecule has 5 aliphatic rings. The van der Waals surface area contributed by atoms with Crippen molar-refractivity contribution in [1.29, 1.82) is 0 Å². The SMILES string of the molecule is O=C(c1ccco1)N1CCN(c2ccc(NC(=O)C34CC5CC(CC(C5)C3)C4)cn2)CC1. The summed E-state index contributed by atoms with van der Waals surface area (Å²) in [6, 6.07) is 7.37. The van der Waals surface area contributed by atoms with Crippen molar-refractivity contribution >= 4 is 23.3 Å². The molecule has 2 aromatic heterocycles. The molecule has 0 spiro atoms. The molecule has 7 nitrogen and oxygen atoms in total. The first-order valence-corrected chi connectivity index (χ1v) is 11.9. The van der Waals surface area contributed by atoms with Crippen LogP contribution >= 0.6 is 0 Å². The highest BCUT2D eigenvalue weighted by Gasteiger charge is 2.54. The van der Waals surface area contributed by atoms with Gasteiger partial charge in [0.25, 0.3) is 5.91 Å². The first-order chi connectivity index (χ1) is 15.6. The van der Waals surface area contributed by atoms with Crippen LogP contribution in [0.25, 0.3) is 0 Å². The van der Waals surface area contributed by atoms with Crippen LogP contribution in [-0.2, 0) is 4.79 Å². The second kappa shape index (κ2) is 7.64. The van der Waals surface area contributed by atoms with Gasteiger partial charge in [-0.15, -0.1) is 0 Å². The smallest absolute Gasteiger partial charge is 0.289 e. The van der Waals surface area contributed by atoms with Crippen molar-refractivity contribution in [2.75, 3.05) is 36.4 Å². The standard InChI is InChI=1S/C25H30N4O3/c30-23(21-2-1-9-32-21)29-7-5-28(6-8-29)22-4-3-20(16-26-22)27-24(31)25-13-17-10-18(14-25)12-19(11-17)15-25/h1-4,9,16-19H,5-8,10-15H2,(H,27,31). The molecule has 2 aromatic rings. The lowest BCUT2D eigenvalue weighted by atomic mass is 9.49. The Bertz CT molecular complexity index is 957. The minimum absolute atomic E-state index is 0.0645. The van der Waals surface area contributed by atoms with Crippen LogP contribution in [0.3, 0.4) is 0 Å². The van der Waals surface area contributed by atoms with Crippen LogP contribution in [0.4, 0.5) is 11.5 Å². The van der Waals surface area contributed by atoms with E-state index in [9.17, 15) is 9.59 Å². The molecule has 4 bridgehead atoms. The maximum absolute atomic E-state index is 13.3. The fraction of sp³-hybridized carbons (Fsp3) is 0.560. The van der Waals surface area contributed by atoms with Gasteiger partial charge in [-0.05, 0) is 80.5 Å². The molecule has 1 N–H and O–H groups in total. The first-order valence-electron chi connectivity index (χ1n) is 11.9. The van der Waals surface area contributed by atoms with Gasteiger partial charge >= 0.3 is 0 Å². The van der Waals surface area contributed by atoms with E-state index in [2.05, 4.69) is 15.2 Å². The molecule has 0 atom stereocenters. The monoisotopic (exact) mass is 434 g/mol. The number of hydrogen-bond donors (Lipinski definition) is 1. The predicted molar refractivity (Wildman–Crippen MR) is 120 cm³/mol. The largest absolute Gasteiger partial charge is 0.459 e. The van der Waals surface area contributed by atoms with Crippen LogP contribution in [0.5, 0.6) is 0 Å². The summed E-state index contributed by atoms with van der Waals surface area (Å²) in [4.78, 5) is 34.3. The average molecular weight is 435 g/mol. The summed E-state index contributed by atoms with van der Waals surface area (Å²) in [5.41, 5.74) is 0.630. The van der Waals surface area contributed by atoms with Crippen LogP contribution in [0.15, 0.2) is 41.1 Å². The highest BCUT2D eigenvalue weighted by atomic mass is 16.3. The molecular formula is C25H30N4O3. The molecule has 1 aliphatic heterocycles. The molecule has 7 heteroatoms. The number of piperazine rings is 1. The van der Waals surface area contributed by atoms with Gasteiger partial charge in [0.15, 0.2) is 5.76 Å². The van der Waals surface area contributed by atoms with Gasteiger partial charge < -0.3 is 19.5 Å². The Labute approximate surface area is 188 Å². The van der Waals surface area contributed by atoms with Crippen molar-refractivity contribution < 1.29 is 14.0 Å². The Morgan fingerprint density at radius 1 is 0.969 bits per heavy atom. The third kappa shape index (κ3) is 3.48. The summed E-state index contributed by atoms with van der Waals surface area (Å²) in [6.07, 6.45) is 10.5. The second-order valence-corrected chi connectivity index (χ2v) is 10.3. The Balaban J connectivity index is 1.06. The first kappa shape index (κ1) is 19.8. The molecule has 168 valence electrons. The van der Waals surface area contributed by atoms with Crippen molar-refractivity contribution in [2.24, 2.45) is 23.2 Å². The Morgan fingerprint density at radius 3 is 2.22 bits per heavy atom. The summed E-state index contributed by atoms with van der Waals surface area (Å²) in [5.74, 6) is 3.67. The number of rotatable bonds is 4. The van der Waals surface area contributed by atoms with Crippen molar-refractivity contribution in [1.82, 2.24) is 9.88 Å². The van der Waals surface area contributed by atoms with Gasteiger partial charge in [0.2, 0.25) is 5.91 Å². The normalized spacial score (nSPS) is 31.1. The third-order valence-electron chi connectivity index (χ3n) is 8.15. The summed E-state index contributed by atoms with van der Waals surface area (Å²) < 4.78 is 5.23. The van der Waals surface area contributed by atoms with Gasteiger partial charge in [0, 0.05) is 26.2 Å². The minimum atomic E-state index is -0.149. The number of nitrogens with zero attached hydrogens (tertiary/aromatic N) is 3. The van der Waals surface area contributed by atoms with E-state index in [1.54, 1.807) is 18.3 Å². The summed E-state index contributed by atoms with van der Waals surface area (Å²) in [7, 11) is 0. The number of furan rings is 1. The second-order valence-electron chi connectivity index (χ2n) is 10.3. The maximum Gasteiger partial charge on any atom is 0.289 e. The van der Waals surface area contributed by atoms with Crippen molar-refractivity contribution in [3.8, 4) is 0 Å². The fourth-order valence-corrected chi connectivity index (χ4v) is 6.99. The van der Waals surface area contributed by atoms with Crippen LogP contribution in [0.2, 0.25) is 0 Å². The van der Waals surface area contributed by atoms with E-state index >= 15 is 0 Å². The van der Waals surface area contributed by atoms with E-state index in [1.165, 1.54) is 25.5 Å². The van der Waals surface area contributed by atoms with E-state index in [1.807, 2.05) is 17.0 Å². The van der Waals surface area contributed by atoms with Crippen LogP contribution < -0.4 is 10.2 Å². The molecule has 0 aromatic carbocycles. The molecule has 7 rings (SSSR count). The Kier molecular flexibility index (Phi) is 4.73. The molecule has 3 heterocycles. The molecule has 0 radical (unpaired) electrons. The fourth-order valence-electron chi connectivity index (χ4n) is 6.99. The van der Waals surface area contributed by atoms with Gasteiger partial charge in [0.1, 0.15) is 5.82 Å². The molecular weight excluding hydrogens is 404 g/mol. The lowest BCUT2D eigenvalue weighted by molar-refractivity contribution is -0.140. The lowest BCUT2D eigenvalue weighted by Gasteiger charge is -2.55. The van der Waals surface area contributed by atoms with Crippen LogP contribution in [0, 0.1) is 23.2 Å². The Hall–Kier alpha value is -2.83. The number of hydrogen-bond acceptors (Lipinski definition) is 5. The van der Waals surface area contributed by atoms with E-state index in [0.29, 0.717) is 18.8 Å². The van der Waals surface area contributed by atoms with E-state index in [-0.39, 0.29) is 17.2 Å². The molecule has 0 unspecified atom stereocenters. The minimum Gasteiger partial charge on any atom is -0.459 e. The summed E-state index contributed by atoms with van der Waals surface area (Å²) in [6.45, 7) is 2.70. The zero-order valence-electron chi connectivity index (χ0n) is 18.3. The maximum atomic E-state index is 13.3. The van der Waals surface area contributed by atoms with Gasteiger partial charge in [-0.3, -0.25) is 9.59 Å². The number of pyridine rings is 1. The van der Waals surface area contributed by atoms with E-state index < -0.39 is 0 Å². The van der Waals surface area contributed by atoms with E-state index in [0.717, 1.165) is 61.6 Å². The number of aromatic nitrogens is 1. The highest BCUT2D eigenvalue weighted by molar-refractivity contribution is 5.95. The molecule has 4 aliphatic carbocycles. The number of nitrogens with one attached hydrogen (secondary N) is 1.